The standard InChI is InChI=1S/C23H24N6/c1-15-11-18-13-19(4-6-21(18)27-15)29(2)22-8-10-26-23(24,28-22)14-16-3-5-20-17(12-16)7-9-25-20/h3-13,25,27-28H,14,24H2,1-2H3. The second-order valence-electron chi connectivity index (χ2n) is 7.74. The van der Waals surface area contributed by atoms with Crippen molar-refractivity contribution in [1.82, 2.24) is 15.3 Å². The maximum atomic E-state index is 6.62. The molecule has 0 saturated carbocycles. The molecule has 0 spiro atoms. The number of aliphatic imine (C=N–C) groups is 1. The Morgan fingerprint density at radius 2 is 1.90 bits per heavy atom. The Bertz CT molecular complexity index is 1260. The van der Waals surface area contributed by atoms with E-state index in [9.17, 15) is 0 Å². The summed E-state index contributed by atoms with van der Waals surface area (Å²) in [5, 5.41) is 5.79. The molecule has 0 bridgehead atoms. The van der Waals surface area contributed by atoms with Gasteiger partial charge in [0.25, 0.3) is 0 Å². The molecular formula is C23H24N6. The largest absolute Gasteiger partial charge is 0.361 e. The first-order valence-corrected chi connectivity index (χ1v) is 9.71. The lowest BCUT2D eigenvalue weighted by molar-refractivity contribution is 0.375. The number of hydrogen-bond acceptors (Lipinski definition) is 4. The van der Waals surface area contributed by atoms with Gasteiger partial charge in [0, 0.05) is 53.7 Å². The van der Waals surface area contributed by atoms with Crippen LogP contribution < -0.4 is 16.0 Å². The molecule has 0 saturated heterocycles. The summed E-state index contributed by atoms with van der Waals surface area (Å²) in [5.41, 5.74) is 12.3. The fraction of sp³-hybridized carbons (Fsp3) is 0.174. The second-order valence-corrected chi connectivity index (χ2v) is 7.74. The van der Waals surface area contributed by atoms with E-state index in [2.05, 4.69) is 80.6 Å². The van der Waals surface area contributed by atoms with E-state index in [1.165, 1.54) is 10.8 Å². The molecule has 0 radical (unpaired) electrons. The molecule has 2 aromatic heterocycles. The van der Waals surface area contributed by atoms with Crippen LogP contribution in [0, 0.1) is 6.92 Å². The number of aromatic amines is 2. The summed E-state index contributed by atoms with van der Waals surface area (Å²) in [6.07, 6.45) is 6.28. The van der Waals surface area contributed by atoms with Crippen LogP contribution in [0.25, 0.3) is 21.8 Å². The Kier molecular flexibility index (Phi) is 3.96. The molecular weight excluding hydrogens is 360 g/mol. The van der Waals surface area contributed by atoms with E-state index in [1.807, 2.05) is 19.3 Å². The Balaban J connectivity index is 1.38. The van der Waals surface area contributed by atoms with Crippen molar-refractivity contribution in [2.24, 2.45) is 10.7 Å². The minimum atomic E-state index is -0.892. The van der Waals surface area contributed by atoms with Crippen molar-refractivity contribution < 1.29 is 0 Å². The lowest BCUT2D eigenvalue weighted by Crippen LogP contribution is -2.56. The molecule has 29 heavy (non-hydrogen) atoms. The molecule has 0 amide bonds. The van der Waals surface area contributed by atoms with Gasteiger partial charge in [0.1, 0.15) is 5.82 Å². The fourth-order valence-corrected chi connectivity index (χ4v) is 3.96. The average Bonchev–Trinajstić information content (AvgIpc) is 3.31. The number of nitrogens with two attached hydrogens (primary N) is 1. The number of H-pyrrole nitrogens is 2. The monoisotopic (exact) mass is 384 g/mol. The molecule has 3 heterocycles. The third kappa shape index (κ3) is 3.28. The topological polar surface area (TPSA) is 85.2 Å². The molecule has 6 heteroatoms. The van der Waals surface area contributed by atoms with E-state index in [1.54, 1.807) is 6.21 Å². The summed E-state index contributed by atoms with van der Waals surface area (Å²) >= 11 is 0. The lowest BCUT2D eigenvalue weighted by Gasteiger charge is -2.35. The van der Waals surface area contributed by atoms with Crippen LogP contribution >= 0.6 is 0 Å². The molecule has 4 aromatic rings. The number of fused-ring (bicyclic) bond motifs is 2. The third-order valence-electron chi connectivity index (χ3n) is 5.46. The molecule has 0 fully saturated rings. The van der Waals surface area contributed by atoms with E-state index in [4.69, 9.17) is 5.73 Å². The molecule has 1 aliphatic rings. The van der Waals surface area contributed by atoms with E-state index >= 15 is 0 Å². The first-order valence-electron chi connectivity index (χ1n) is 9.71. The molecule has 2 aromatic carbocycles. The van der Waals surface area contributed by atoms with Crippen molar-refractivity contribution in [2.45, 2.75) is 19.1 Å². The zero-order valence-electron chi connectivity index (χ0n) is 16.5. The smallest absolute Gasteiger partial charge is 0.187 e. The number of aryl methyl sites for hydroxylation is 1. The van der Waals surface area contributed by atoms with E-state index in [0.717, 1.165) is 33.8 Å². The van der Waals surface area contributed by atoms with Crippen LogP contribution in [-0.2, 0) is 6.42 Å². The quantitative estimate of drug-likeness (QED) is 0.432. The van der Waals surface area contributed by atoms with Crippen molar-refractivity contribution in [1.29, 1.82) is 0 Å². The predicted octanol–water partition coefficient (Wildman–Crippen LogP) is 3.76. The number of nitrogens with zero attached hydrogens (tertiary/aromatic N) is 2. The predicted molar refractivity (Wildman–Crippen MR) is 120 cm³/mol. The summed E-state index contributed by atoms with van der Waals surface area (Å²) < 4.78 is 0. The van der Waals surface area contributed by atoms with Crippen molar-refractivity contribution >= 4 is 33.7 Å². The van der Waals surface area contributed by atoms with Gasteiger partial charge >= 0.3 is 0 Å². The highest BCUT2D eigenvalue weighted by molar-refractivity contribution is 5.85. The van der Waals surface area contributed by atoms with Crippen LogP contribution in [0.4, 0.5) is 5.69 Å². The minimum Gasteiger partial charge on any atom is -0.361 e. The second kappa shape index (κ2) is 6.53. The summed E-state index contributed by atoms with van der Waals surface area (Å²) in [4.78, 5) is 13.2. The zero-order valence-corrected chi connectivity index (χ0v) is 16.5. The number of hydrogen-bond donors (Lipinski definition) is 4. The van der Waals surface area contributed by atoms with Crippen LogP contribution in [0.3, 0.4) is 0 Å². The van der Waals surface area contributed by atoms with Gasteiger partial charge in [-0.25, -0.2) is 0 Å². The Morgan fingerprint density at radius 3 is 2.79 bits per heavy atom. The third-order valence-corrected chi connectivity index (χ3v) is 5.46. The van der Waals surface area contributed by atoms with Gasteiger partial charge in [0.05, 0.1) is 0 Å². The highest BCUT2D eigenvalue weighted by Gasteiger charge is 2.28. The van der Waals surface area contributed by atoms with Gasteiger partial charge in [-0.15, -0.1) is 0 Å². The van der Waals surface area contributed by atoms with Crippen molar-refractivity contribution in [2.75, 3.05) is 11.9 Å². The SMILES string of the molecule is Cc1cc2cc(N(C)C3=CC=NC(N)(Cc4ccc5[nH]ccc5c4)N3)ccc2[nH]1. The normalized spacial score (nSPS) is 18.8. The van der Waals surface area contributed by atoms with Crippen LogP contribution in [0.15, 0.2) is 71.6 Å². The molecule has 1 atom stereocenters. The van der Waals surface area contributed by atoms with Gasteiger partial charge in [0.15, 0.2) is 5.79 Å². The maximum Gasteiger partial charge on any atom is 0.187 e. The zero-order chi connectivity index (χ0) is 20.0. The van der Waals surface area contributed by atoms with Crippen molar-refractivity contribution in [3.05, 3.63) is 77.9 Å². The molecule has 1 unspecified atom stereocenters. The number of aromatic nitrogens is 2. The van der Waals surface area contributed by atoms with Gasteiger partial charge in [-0.2, -0.15) is 0 Å². The maximum absolute atomic E-state index is 6.62. The van der Waals surface area contributed by atoms with Gasteiger partial charge in [-0.3, -0.25) is 10.7 Å². The molecule has 5 N–H and O–H groups in total. The first-order chi connectivity index (χ1) is 14.0. The Hall–Kier alpha value is -3.51. The van der Waals surface area contributed by atoms with Crippen molar-refractivity contribution in [3.63, 3.8) is 0 Å². The molecule has 0 aliphatic carbocycles. The molecule has 5 rings (SSSR count). The van der Waals surface area contributed by atoms with Gasteiger partial charge in [-0.1, -0.05) is 6.07 Å². The average molecular weight is 384 g/mol. The summed E-state index contributed by atoms with van der Waals surface area (Å²) in [6.45, 7) is 2.07. The molecule has 146 valence electrons. The van der Waals surface area contributed by atoms with Crippen LogP contribution in [-0.4, -0.2) is 29.0 Å². The Morgan fingerprint density at radius 1 is 1.03 bits per heavy atom. The van der Waals surface area contributed by atoms with E-state index in [0.29, 0.717) is 6.42 Å². The Labute approximate surface area is 169 Å². The highest BCUT2D eigenvalue weighted by Crippen LogP contribution is 2.26. The van der Waals surface area contributed by atoms with Gasteiger partial charge in [0.2, 0.25) is 0 Å². The summed E-state index contributed by atoms with van der Waals surface area (Å²) in [6, 6.07) is 16.9. The lowest BCUT2D eigenvalue weighted by atomic mass is 10.0. The van der Waals surface area contributed by atoms with E-state index < -0.39 is 5.79 Å². The number of allylic oxidation sites excluding steroid dienone is 1. The van der Waals surface area contributed by atoms with Crippen LogP contribution in [0.1, 0.15) is 11.3 Å². The number of benzene rings is 2. The van der Waals surface area contributed by atoms with Crippen LogP contribution in [0.5, 0.6) is 0 Å². The number of nitrogens with one attached hydrogen (secondary N) is 3. The summed E-state index contributed by atoms with van der Waals surface area (Å²) in [7, 11) is 2.03. The fourth-order valence-electron chi connectivity index (χ4n) is 3.96. The minimum absolute atomic E-state index is 0.589. The number of rotatable bonds is 4. The highest BCUT2D eigenvalue weighted by atomic mass is 15.3. The van der Waals surface area contributed by atoms with Gasteiger partial charge < -0.3 is 20.2 Å². The molecule has 6 nitrogen and oxygen atoms in total. The molecule has 1 aliphatic heterocycles. The van der Waals surface area contributed by atoms with Crippen molar-refractivity contribution in [3.8, 4) is 0 Å². The van der Waals surface area contributed by atoms with Crippen LogP contribution in [0.2, 0.25) is 0 Å². The van der Waals surface area contributed by atoms with Gasteiger partial charge in [-0.05, 0) is 66.4 Å². The summed E-state index contributed by atoms with van der Waals surface area (Å²) in [5.74, 6) is 0.0220. The van der Waals surface area contributed by atoms with E-state index in [-0.39, 0.29) is 0 Å². The first kappa shape index (κ1) is 17.6. The number of anilines is 1.